The average molecular weight is 209 g/mol. The van der Waals surface area contributed by atoms with Crippen LogP contribution >= 0.6 is 11.6 Å². The Bertz CT molecular complexity index is 123. The number of hydrogen-bond donors (Lipinski definition) is 1. The Labute approximate surface area is 86.3 Å². The molecule has 0 aromatic rings. The predicted octanol–water partition coefficient (Wildman–Crippen LogP) is 4.52. The molecule has 13 heavy (non-hydrogen) atoms. The van der Waals surface area contributed by atoms with Gasteiger partial charge in [0.05, 0.1) is 0 Å². The van der Waals surface area contributed by atoms with Gasteiger partial charge in [0.15, 0.2) is 0 Å². The fourth-order valence-corrected chi connectivity index (χ4v) is 0.905. The van der Waals surface area contributed by atoms with Crippen molar-refractivity contribution in [3.05, 3.63) is 0 Å². The standard InChI is InChI=1S/C9H20.CHClO2/c1-5-6-7-8-9(2,3)4;2-1(3)4/h5-8H2,1-4H3;(H,3,4). The van der Waals surface area contributed by atoms with E-state index >= 15 is 0 Å². The molecule has 0 rings (SSSR count). The van der Waals surface area contributed by atoms with Crippen LogP contribution in [0.4, 0.5) is 4.79 Å². The van der Waals surface area contributed by atoms with Gasteiger partial charge in [-0.15, -0.1) is 0 Å². The summed E-state index contributed by atoms with van der Waals surface area (Å²) in [5, 5.41) is 7.18. The van der Waals surface area contributed by atoms with Crippen molar-refractivity contribution in [2.45, 2.75) is 53.4 Å². The van der Waals surface area contributed by atoms with Gasteiger partial charge in [-0.3, -0.25) is 0 Å². The van der Waals surface area contributed by atoms with Crippen molar-refractivity contribution < 1.29 is 9.90 Å². The highest BCUT2D eigenvalue weighted by atomic mass is 35.5. The Kier molecular flexibility index (Phi) is 9.80. The first-order valence-corrected chi connectivity index (χ1v) is 5.06. The van der Waals surface area contributed by atoms with Crippen LogP contribution in [0.3, 0.4) is 0 Å². The Morgan fingerprint density at radius 1 is 1.31 bits per heavy atom. The second-order valence-electron chi connectivity index (χ2n) is 4.27. The average Bonchev–Trinajstić information content (AvgIpc) is 1.83. The second-order valence-corrected chi connectivity index (χ2v) is 4.59. The van der Waals surface area contributed by atoms with E-state index in [0.717, 1.165) is 0 Å². The van der Waals surface area contributed by atoms with Crippen LogP contribution in [0.25, 0.3) is 0 Å². The SMILES string of the molecule is CCCCCC(C)(C)C.O=C(O)Cl. The molecule has 0 bridgehead atoms. The zero-order chi connectivity index (χ0) is 10.9. The fourth-order valence-electron chi connectivity index (χ4n) is 0.905. The molecule has 0 fully saturated rings. The minimum absolute atomic E-state index is 0.551. The lowest BCUT2D eigenvalue weighted by Gasteiger charge is -2.16. The van der Waals surface area contributed by atoms with Gasteiger partial charge >= 0.3 is 5.43 Å². The Morgan fingerprint density at radius 2 is 1.69 bits per heavy atom. The molecule has 3 heteroatoms. The molecule has 2 nitrogen and oxygen atoms in total. The summed E-state index contributed by atoms with van der Waals surface area (Å²) in [6.07, 6.45) is 5.52. The van der Waals surface area contributed by atoms with Crippen molar-refractivity contribution in [2.75, 3.05) is 0 Å². The van der Waals surface area contributed by atoms with Gasteiger partial charge in [0.25, 0.3) is 0 Å². The molecule has 0 spiro atoms. The van der Waals surface area contributed by atoms with E-state index in [1.54, 1.807) is 0 Å². The Morgan fingerprint density at radius 3 is 1.92 bits per heavy atom. The lowest BCUT2D eigenvalue weighted by Crippen LogP contribution is -2.03. The van der Waals surface area contributed by atoms with Gasteiger partial charge in [-0.25, -0.2) is 4.79 Å². The van der Waals surface area contributed by atoms with Crippen LogP contribution in [0.2, 0.25) is 0 Å². The summed E-state index contributed by atoms with van der Waals surface area (Å²) in [6, 6.07) is 0. The number of hydrogen-bond acceptors (Lipinski definition) is 1. The molecule has 0 aliphatic rings. The summed E-state index contributed by atoms with van der Waals surface area (Å²) < 4.78 is 0. The van der Waals surface area contributed by atoms with Crippen molar-refractivity contribution in [3.63, 3.8) is 0 Å². The van der Waals surface area contributed by atoms with Crippen molar-refractivity contribution in [2.24, 2.45) is 5.41 Å². The van der Waals surface area contributed by atoms with Gasteiger partial charge in [-0.1, -0.05) is 47.0 Å². The third-order valence-corrected chi connectivity index (χ3v) is 1.53. The number of halogens is 1. The van der Waals surface area contributed by atoms with Crippen LogP contribution in [0, 0.1) is 5.41 Å². The second kappa shape index (κ2) is 8.36. The molecular formula is C10H21ClO2. The maximum absolute atomic E-state index is 8.77. The molecule has 0 aliphatic carbocycles. The van der Waals surface area contributed by atoms with Crippen molar-refractivity contribution in [1.29, 1.82) is 0 Å². The molecule has 1 N–H and O–H groups in total. The van der Waals surface area contributed by atoms with Gasteiger partial charge < -0.3 is 5.11 Å². The molecule has 0 amide bonds. The zero-order valence-electron chi connectivity index (χ0n) is 9.06. The van der Waals surface area contributed by atoms with Crippen LogP contribution in [-0.4, -0.2) is 10.5 Å². The Balaban J connectivity index is 0. The highest BCUT2D eigenvalue weighted by Gasteiger charge is 2.07. The highest BCUT2D eigenvalue weighted by Crippen LogP contribution is 2.21. The van der Waals surface area contributed by atoms with Crippen molar-refractivity contribution >= 4 is 17.0 Å². The van der Waals surface area contributed by atoms with Gasteiger partial charge in [-0.05, 0) is 11.8 Å². The molecule has 0 atom stereocenters. The van der Waals surface area contributed by atoms with Crippen LogP contribution in [0.15, 0.2) is 0 Å². The minimum atomic E-state index is -1.36. The number of rotatable bonds is 3. The first-order valence-electron chi connectivity index (χ1n) is 4.68. The first-order chi connectivity index (χ1) is 5.79. The largest absolute Gasteiger partial charge is 0.469 e. The van der Waals surface area contributed by atoms with E-state index in [9.17, 15) is 0 Å². The maximum Gasteiger partial charge on any atom is 0.401 e. The van der Waals surface area contributed by atoms with E-state index in [0.29, 0.717) is 5.41 Å². The monoisotopic (exact) mass is 208 g/mol. The molecule has 80 valence electrons. The number of unbranched alkanes of at least 4 members (excludes halogenated alkanes) is 2. The van der Waals surface area contributed by atoms with Crippen LogP contribution in [0.1, 0.15) is 53.4 Å². The number of carboxylic acid groups (broad SMARTS) is 1. The molecule has 0 saturated carbocycles. The van der Waals surface area contributed by atoms with E-state index in [2.05, 4.69) is 39.3 Å². The summed E-state index contributed by atoms with van der Waals surface area (Å²) in [5.41, 5.74) is -0.810. The summed E-state index contributed by atoms with van der Waals surface area (Å²) >= 11 is 4.19. The molecular weight excluding hydrogens is 188 g/mol. The quantitative estimate of drug-likeness (QED) is 0.547. The van der Waals surface area contributed by atoms with Crippen LogP contribution in [0.5, 0.6) is 0 Å². The lowest BCUT2D eigenvalue weighted by atomic mass is 9.90. The predicted molar refractivity (Wildman–Crippen MR) is 57.5 cm³/mol. The Hall–Kier alpha value is -0.240. The summed E-state index contributed by atoms with van der Waals surface area (Å²) in [6.45, 7) is 9.18. The van der Waals surface area contributed by atoms with Crippen molar-refractivity contribution in [1.82, 2.24) is 0 Å². The molecule has 0 aromatic carbocycles. The van der Waals surface area contributed by atoms with E-state index in [-0.39, 0.29) is 0 Å². The molecule has 0 radical (unpaired) electrons. The van der Waals surface area contributed by atoms with E-state index < -0.39 is 5.43 Å². The third-order valence-electron chi connectivity index (χ3n) is 1.53. The third kappa shape index (κ3) is 33.8. The van der Waals surface area contributed by atoms with Crippen LogP contribution < -0.4 is 0 Å². The first kappa shape index (κ1) is 15.2. The van der Waals surface area contributed by atoms with E-state index in [1.807, 2.05) is 0 Å². The molecule has 0 aromatic heterocycles. The summed E-state index contributed by atoms with van der Waals surface area (Å²) in [5.74, 6) is 0. The maximum atomic E-state index is 8.77. The van der Waals surface area contributed by atoms with Gasteiger partial charge in [-0.2, -0.15) is 0 Å². The zero-order valence-corrected chi connectivity index (χ0v) is 9.82. The number of carbonyl (C=O) groups is 1. The minimum Gasteiger partial charge on any atom is -0.469 e. The topological polar surface area (TPSA) is 37.3 Å². The van der Waals surface area contributed by atoms with Crippen molar-refractivity contribution in [3.8, 4) is 0 Å². The van der Waals surface area contributed by atoms with Gasteiger partial charge in [0.1, 0.15) is 0 Å². The van der Waals surface area contributed by atoms with E-state index in [1.165, 1.54) is 25.7 Å². The van der Waals surface area contributed by atoms with Crippen LogP contribution in [-0.2, 0) is 0 Å². The normalized spacial score (nSPS) is 10.2. The highest BCUT2D eigenvalue weighted by molar-refractivity contribution is 6.60. The molecule has 0 heterocycles. The smallest absolute Gasteiger partial charge is 0.401 e. The molecule has 0 unspecified atom stereocenters. The lowest BCUT2D eigenvalue weighted by molar-refractivity contribution is 0.220. The fraction of sp³-hybridized carbons (Fsp3) is 0.900. The van der Waals surface area contributed by atoms with Gasteiger partial charge in [0.2, 0.25) is 0 Å². The molecule has 0 saturated heterocycles. The molecule has 0 aliphatic heterocycles. The summed E-state index contributed by atoms with van der Waals surface area (Å²) in [4.78, 5) is 8.77. The summed E-state index contributed by atoms with van der Waals surface area (Å²) in [7, 11) is 0. The van der Waals surface area contributed by atoms with Gasteiger partial charge in [0, 0.05) is 11.6 Å². The van der Waals surface area contributed by atoms with E-state index in [4.69, 9.17) is 9.90 Å².